The molecule has 1 atom stereocenters. The first-order chi connectivity index (χ1) is 11.3. The Kier molecular flexibility index (Phi) is 5.80. The predicted molar refractivity (Wildman–Crippen MR) is 95.1 cm³/mol. The topological polar surface area (TPSA) is 91.3 Å². The Morgan fingerprint density at radius 3 is 2.58 bits per heavy atom. The molecule has 6 nitrogen and oxygen atoms in total. The van der Waals surface area contributed by atoms with E-state index in [4.69, 9.17) is 11.6 Å². The number of pyridine rings is 1. The lowest BCUT2D eigenvalue weighted by molar-refractivity contribution is -0.138. The highest BCUT2D eigenvalue weighted by molar-refractivity contribution is 9.10. The van der Waals surface area contributed by atoms with Gasteiger partial charge in [-0.2, -0.15) is 0 Å². The van der Waals surface area contributed by atoms with E-state index in [0.29, 0.717) is 10.0 Å². The molecule has 2 aromatic rings. The van der Waals surface area contributed by atoms with Gasteiger partial charge in [-0.15, -0.1) is 0 Å². The lowest BCUT2D eigenvalue weighted by atomic mass is 9.89. The third kappa shape index (κ3) is 4.69. The summed E-state index contributed by atoms with van der Waals surface area (Å²) in [6, 6.07) is 9.89. The average Bonchev–Trinajstić information content (AvgIpc) is 2.50. The lowest BCUT2D eigenvalue weighted by Gasteiger charge is -2.30. The van der Waals surface area contributed by atoms with E-state index >= 15 is 0 Å². The van der Waals surface area contributed by atoms with Crippen molar-refractivity contribution in [1.29, 1.82) is 0 Å². The minimum atomic E-state index is -1.08. The fourth-order valence-corrected chi connectivity index (χ4v) is 2.90. The van der Waals surface area contributed by atoms with Crippen LogP contribution in [-0.4, -0.2) is 22.1 Å². The quantitative estimate of drug-likeness (QED) is 0.692. The number of carboxylic acids is 1. The summed E-state index contributed by atoms with van der Waals surface area (Å²) in [6.07, 6.45) is 1.22. The summed E-state index contributed by atoms with van der Waals surface area (Å²) in [7, 11) is 0. The maximum Gasteiger partial charge on any atom is 0.321 e. The minimum absolute atomic E-state index is 0.183. The van der Waals surface area contributed by atoms with Gasteiger partial charge in [-0.05, 0) is 34.5 Å². The van der Waals surface area contributed by atoms with Crippen LogP contribution in [0.1, 0.15) is 18.9 Å². The van der Waals surface area contributed by atoms with Crippen LogP contribution < -0.4 is 10.6 Å². The summed E-state index contributed by atoms with van der Waals surface area (Å²) in [5.41, 5.74) is -0.406. The fourth-order valence-electron chi connectivity index (χ4n) is 2.22. The van der Waals surface area contributed by atoms with Crippen molar-refractivity contribution in [2.75, 3.05) is 5.32 Å². The number of carboxylic acid groups (broad SMARTS) is 1. The number of carbonyl (C=O) groups is 2. The van der Waals surface area contributed by atoms with E-state index in [9.17, 15) is 14.7 Å². The number of aromatic nitrogens is 1. The van der Waals surface area contributed by atoms with Crippen LogP contribution in [0.4, 0.5) is 10.6 Å². The molecular weight excluding hydrogens is 398 g/mol. The molecule has 1 heterocycles. The van der Waals surface area contributed by atoms with Crippen LogP contribution in [0.5, 0.6) is 0 Å². The summed E-state index contributed by atoms with van der Waals surface area (Å²) in [5, 5.41) is 14.7. The van der Waals surface area contributed by atoms with Gasteiger partial charge in [0.2, 0.25) is 0 Å². The largest absolute Gasteiger partial charge is 0.481 e. The second-order valence-corrected chi connectivity index (χ2v) is 6.65. The molecule has 0 aliphatic carbocycles. The smallest absolute Gasteiger partial charge is 0.321 e. The predicted octanol–water partition coefficient (Wildman–Crippen LogP) is 4.01. The van der Waals surface area contributed by atoms with Gasteiger partial charge in [0.25, 0.3) is 0 Å². The number of urea groups is 1. The normalized spacial score (nSPS) is 13.0. The van der Waals surface area contributed by atoms with Gasteiger partial charge in [0.05, 0.1) is 17.0 Å². The van der Waals surface area contributed by atoms with Crippen LogP contribution >= 0.6 is 27.5 Å². The Balaban J connectivity index is 2.20. The standard InChI is InChI=1S/C16H15BrClN3O3/c1-16(8-13(22)23,10-5-3-2-4-6-10)21-15(24)20-14-12(18)7-11(17)9-19-14/h2-7,9H,8H2,1H3,(H,22,23)(H2,19,20,21,24). The Morgan fingerprint density at radius 2 is 2.00 bits per heavy atom. The molecule has 0 aliphatic heterocycles. The molecule has 0 aliphatic rings. The molecule has 0 saturated carbocycles. The van der Waals surface area contributed by atoms with Crippen LogP contribution in [-0.2, 0) is 10.3 Å². The van der Waals surface area contributed by atoms with Gasteiger partial charge in [0.1, 0.15) is 0 Å². The summed E-state index contributed by atoms with van der Waals surface area (Å²) < 4.78 is 0.679. The number of benzene rings is 1. The zero-order chi connectivity index (χ0) is 17.7. The van der Waals surface area contributed by atoms with E-state index in [1.165, 1.54) is 6.20 Å². The Morgan fingerprint density at radius 1 is 1.33 bits per heavy atom. The van der Waals surface area contributed by atoms with Crippen LogP contribution in [0, 0.1) is 0 Å². The highest BCUT2D eigenvalue weighted by atomic mass is 79.9. The maximum absolute atomic E-state index is 12.3. The first kappa shape index (κ1) is 18.2. The molecule has 0 saturated heterocycles. The summed E-state index contributed by atoms with van der Waals surface area (Å²) in [4.78, 5) is 27.5. The van der Waals surface area contributed by atoms with Gasteiger partial charge < -0.3 is 10.4 Å². The molecule has 1 aromatic carbocycles. The molecule has 24 heavy (non-hydrogen) atoms. The van der Waals surface area contributed by atoms with E-state index in [2.05, 4.69) is 31.5 Å². The Labute approximate surface area is 152 Å². The number of nitrogens with one attached hydrogen (secondary N) is 2. The van der Waals surface area contributed by atoms with Gasteiger partial charge in [-0.25, -0.2) is 9.78 Å². The van der Waals surface area contributed by atoms with Crippen molar-refractivity contribution in [3.63, 3.8) is 0 Å². The monoisotopic (exact) mass is 411 g/mol. The van der Waals surface area contributed by atoms with Gasteiger partial charge >= 0.3 is 12.0 Å². The number of amides is 2. The van der Waals surface area contributed by atoms with Crippen molar-refractivity contribution in [2.24, 2.45) is 0 Å². The third-order valence-corrected chi connectivity index (χ3v) is 4.07. The molecule has 2 rings (SSSR count). The van der Waals surface area contributed by atoms with Crippen LogP contribution in [0.2, 0.25) is 5.02 Å². The van der Waals surface area contributed by atoms with Gasteiger partial charge in [0, 0.05) is 10.7 Å². The average molecular weight is 413 g/mol. The molecular formula is C16H15BrClN3O3. The molecule has 0 radical (unpaired) electrons. The molecule has 0 spiro atoms. The zero-order valence-electron chi connectivity index (χ0n) is 12.7. The van der Waals surface area contributed by atoms with E-state index in [0.717, 1.165) is 0 Å². The molecule has 0 fully saturated rings. The maximum atomic E-state index is 12.3. The first-order valence-corrected chi connectivity index (χ1v) is 8.15. The molecule has 1 aromatic heterocycles. The van der Waals surface area contributed by atoms with E-state index in [-0.39, 0.29) is 17.3 Å². The number of hydrogen-bond donors (Lipinski definition) is 3. The molecule has 3 N–H and O–H groups in total. The number of aliphatic carboxylic acids is 1. The van der Waals surface area contributed by atoms with Crippen molar-refractivity contribution in [3.8, 4) is 0 Å². The molecule has 2 amide bonds. The number of nitrogens with zero attached hydrogens (tertiary/aromatic N) is 1. The summed E-state index contributed by atoms with van der Waals surface area (Å²) in [6.45, 7) is 1.65. The Bertz CT molecular complexity index is 757. The highest BCUT2D eigenvalue weighted by Gasteiger charge is 2.31. The van der Waals surface area contributed by atoms with Crippen LogP contribution in [0.25, 0.3) is 0 Å². The van der Waals surface area contributed by atoms with Crippen molar-refractivity contribution >= 4 is 45.3 Å². The van der Waals surface area contributed by atoms with Crippen LogP contribution in [0.3, 0.4) is 0 Å². The van der Waals surface area contributed by atoms with Crippen molar-refractivity contribution < 1.29 is 14.7 Å². The third-order valence-electron chi connectivity index (χ3n) is 3.34. The van der Waals surface area contributed by atoms with Gasteiger partial charge in [-0.3, -0.25) is 10.1 Å². The molecule has 1 unspecified atom stereocenters. The van der Waals surface area contributed by atoms with Crippen molar-refractivity contribution in [3.05, 3.63) is 57.7 Å². The SMILES string of the molecule is CC(CC(=O)O)(NC(=O)Nc1ncc(Br)cc1Cl)c1ccccc1. The van der Waals surface area contributed by atoms with Crippen LogP contribution in [0.15, 0.2) is 47.1 Å². The lowest BCUT2D eigenvalue weighted by Crippen LogP contribution is -2.47. The molecule has 0 bridgehead atoms. The number of anilines is 1. The summed E-state index contributed by atoms with van der Waals surface area (Å²) in [5.74, 6) is -0.843. The minimum Gasteiger partial charge on any atom is -0.481 e. The highest BCUT2D eigenvalue weighted by Crippen LogP contribution is 2.26. The van der Waals surface area contributed by atoms with Gasteiger partial charge in [-0.1, -0.05) is 41.9 Å². The number of rotatable bonds is 5. The van der Waals surface area contributed by atoms with Crippen molar-refractivity contribution in [2.45, 2.75) is 18.9 Å². The van der Waals surface area contributed by atoms with E-state index in [1.807, 2.05) is 6.07 Å². The van der Waals surface area contributed by atoms with Gasteiger partial charge in [0.15, 0.2) is 5.82 Å². The number of halogens is 2. The van der Waals surface area contributed by atoms with E-state index in [1.54, 1.807) is 37.3 Å². The van der Waals surface area contributed by atoms with E-state index < -0.39 is 17.5 Å². The number of carbonyl (C=O) groups excluding carboxylic acids is 1. The first-order valence-electron chi connectivity index (χ1n) is 6.98. The van der Waals surface area contributed by atoms with Crippen molar-refractivity contribution in [1.82, 2.24) is 10.3 Å². The number of hydrogen-bond acceptors (Lipinski definition) is 3. The Hall–Kier alpha value is -2.12. The molecule has 126 valence electrons. The fraction of sp³-hybridized carbons (Fsp3) is 0.188. The second kappa shape index (κ2) is 7.63. The molecule has 8 heteroatoms. The second-order valence-electron chi connectivity index (χ2n) is 5.33. The summed E-state index contributed by atoms with van der Waals surface area (Å²) >= 11 is 9.25. The zero-order valence-corrected chi connectivity index (χ0v) is 15.1.